The molecule has 0 unspecified atom stereocenters. The van der Waals surface area contributed by atoms with E-state index in [1.807, 2.05) is 11.8 Å². The number of ether oxygens (including phenoxy) is 1. The third-order valence-corrected chi connectivity index (χ3v) is 6.59. The van der Waals surface area contributed by atoms with Crippen molar-refractivity contribution in [2.45, 2.75) is 32.4 Å². The molecular formula is C24H27FN6O3. The summed E-state index contributed by atoms with van der Waals surface area (Å²) in [5.41, 5.74) is 3.32. The molecule has 10 heteroatoms. The second kappa shape index (κ2) is 8.92. The van der Waals surface area contributed by atoms with Gasteiger partial charge in [-0.05, 0) is 18.6 Å². The van der Waals surface area contributed by atoms with Crippen LogP contribution in [0.4, 0.5) is 21.5 Å². The SMILES string of the molecule is CCC1=Nc2cc3c(c(F)c2NC1)CN1C(=O)CN(c2ccc(C(=O)NC)nc2)C[C@@H]1CCO3. The maximum Gasteiger partial charge on any atom is 0.269 e. The highest BCUT2D eigenvalue weighted by atomic mass is 19.1. The van der Waals surface area contributed by atoms with Gasteiger partial charge in [-0.3, -0.25) is 14.6 Å². The van der Waals surface area contributed by atoms with E-state index >= 15 is 4.39 Å². The molecule has 2 N–H and O–H groups in total. The number of pyridine rings is 1. The summed E-state index contributed by atoms with van der Waals surface area (Å²) < 4.78 is 21.5. The lowest BCUT2D eigenvalue weighted by Crippen LogP contribution is -2.57. The number of nitrogens with one attached hydrogen (secondary N) is 2. The van der Waals surface area contributed by atoms with Crippen molar-refractivity contribution in [1.29, 1.82) is 0 Å². The Morgan fingerprint density at radius 2 is 2.21 bits per heavy atom. The predicted molar refractivity (Wildman–Crippen MR) is 127 cm³/mol. The summed E-state index contributed by atoms with van der Waals surface area (Å²) in [6, 6.07) is 5.07. The van der Waals surface area contributed by atoms with Gasteiger partial charge in [0, 0.05) is 31.8 Å². The molecule has 0 bridgehead atoms. The van der Waals surface area contributed by atoms with Crippen molar-refractivity contribution in [2.24, 2.45) is 4.99 Å². The third kappa shape index (κ3) is 3.93. The largest absolute Gasteiger partial charge is 0.493 e. The number of aromatic nitrogens is 1. The molecule has 0 radical (unpaired) electrons. The van der Waals surface area contributed by atoms with Crippen LogP contribution in [0.1, 0.15) is 35.8 Å². The number of aliphatic imine (C=N–C) groups is 1. The number of carbonyl (C=O) groups excluding carboxylic acids is 2. The summed E-state index contributed by atoms with van der Waals surface area (Å²) in [6.45, 7) is 3.75. The summed E-state index contributed by atoms with van der Waals surface area (Å²) >= 11 is 0. The molecule has 4 heterocycles. The van der Waals surface area contributed by atoms with E-state index in [1.165, 1.54) is 0 Å². The fraction of sp³-hybridized carbons (Fsp3) is 0.417. The number of amides is 2. The summed E-state index contributed by atoms with van der Waals surface area (Å²) in [4.78, 5) is 37.4. The van der Waals surface area contributed by atoms with Crippen LogP contribution >= 0.6 is 0 Å². The zero-order valence-corrected chi connectivity index (χ0v) is 19.2. The molecule has 2 aromatic rings. The molecular weight excluding hydrogens is 439 g/mol. The quantitative estimate of drug-likeness (QED) is 0.721. The molecule has 1 atom stereocenters. The Morgan fingerprint density at radius 1 is 1.35 bits per heavy atom. The Morgan fingerprint density at radius 3 is 2.94 bits per heavy atom. The first-order chi connectivity index (χ1) is 16.5. The van der Waals surface area contributed by atoms with E-state index < -0.39 is 5.82 Å². The fourth-order valence-electron chi connectivity index (χ4n) is 4.64. The molecule has 1 saturated heterocycles. The molecule has 1 fully saturated rings. The molecule has 3 aliphatic heterocycles. The van der Waals surface area contributed by atoms with E-state index in [2.05, 4.69) is 20.6 Å². The number of nitrogens with zero attached hydrogens (tertiary/aromatic N) is 4. The van der Waals surface area contributed by atoms with E-state index in [1.54, 1.807) is 36.3 Å². The number of rotatable bonds is 3. The van der Waals surface area contributed by atoms with Crippen molar-refractivity contribution in [1.82, 2.24) is 15.2 Å². The van der Waals surface area contributed by atoms with Crippen LogP contribution in [0.2, 0.25) is 0 Å². The lowest BCUT2D eigenvalue weighted by Gasteiger charge is -2.43. The lowest BCUT2D eigenvalue weighted by atomic mass is 10.0. The van der Waals surface area contributed by atoms with Gasteiger partial charge in [-0.25, -0.2) is 9.37 Å². The number of halogens is 1. The summed E-state index contributed by atoms with van der Waals surface area (Å²) in [5, 5.41) is 5.68. The van der Waals surface area contributed by atoms with Gasteiger partial charge < -0.3 is 25.2 Å². The Balaban J connectivity index is 1.39. The molecule has 1 aromatic heterocycles. The zero-order valence-electron chi connectivity index (χ0n) is 19.2. The normalized spacial score (nSPS) is 19.4. The molecule has 0 saturated carbocycles. The summed E-state index contributed by atoms with van der Waals surface area (Å²) in [6.07, 6.45) is 3.01. The number of hydrogen-bond donors (Lipinski definition) is 2. The van der Waals surface area contributed by atoms with Crippen LogP contribution in [0.15, 0.2) is 29.4 Å². The van der Waals surface area contributed by atoms with Gasteiger partial charge in [0.05, 0.1) is 61.1 Å². The Kier molecular flexibility index (Phi) is 5.80. The molecule has 178 valence electrons. The number of benzene rings is 1. The number of carbonyl (C=O) groups is 2. The lowest BCUT2D eigenvalue weighted by molar-refractivity contribution is -0.135. The van der Waals surface area contributed by atoms with E-state index in [0.29, 0.717) is 54.5 Å². The molecule has 34 heavy (non-hydrogen) atoms. The second-order valence-corrected chi connectivity index (χ2v) is 8.62. The molecule has 2 amide bonds. The predicted octanol–water partition coefficient (Wildman–Crippen LogP) is 2.49. The highest BCUT2D eigenvalue weighted by molar-refractivity contribution is 5.96. The van der Waals surface area contributed by atoms with Gasteiger partial charge in [-0.2, -0.15) is 0 Å². The summed E-state index contributed by atoms with van der Waals surface area (Å²) in [7, 11) is 1.55. The van der Waals surface area contributed by atoms with Gasteiger partial charge >= 0.3 is 0 Å². The van der Waals surface area contributed by atoms with Crippen molar-refractivity contribution in [3.63, 3.8) is 0 Å². The van der Waals surface area contributed by atoms with Crippen LogP contribution in [-0.2, 0) is 11.3 Å². The minimum absolute atomic E-state index is 0.0872. The first-order valence-electron chi connectivity index (χ1n) is 11.5. The van der Waals surface area contributed by atoms with Crippen molar-refractivity contribution >= 4 is 34.6 Å². The maximum absolute atomic E-state index is 15.5. The Labute approximate surface area is 197 Å². The van der Waals surface area contributed by atoms with Crippen LogP contribution in [0.3, 0.4) is 0 Å². The maximum atomic E-state index is 15.5. The fourth-order valence-corrected chi connectivity index (χ4v) is 4.64. The van der Waals surface area contributed by atoms with Gasteiger partial charge in [0.1, 0.15) is 11.4 Å². The van der Waals surface area contributed by atoms with Crippen LogP contribution in [0.5, 0.6) is 5.75 Å². The van der Waals surface area contributed by atoms with Crippen molar-refractivity contribution in [3.8, 4) is 5.75 Å². The van der Waals surface area contributed by atoms with Gasteiger partial charge in [-0.15, -0.1) is 0 Å². The highest BCUT2D eigenvalue weighted by Crippen LogP contribution is 2.40. The smallest absolute Gasteiger partial charge is 0.269 e. The van der Waals surface area contributed by atoms with Crippen LogP contribution in [-0.4, -0.2) is 66.7 Å². The zero-order chi connectivity index (χ0) is 23.8. The van der Waals surface area contributed by atoms with Crippen molar-refractivity contribution in [3.05, 3.63) is 41.5 Å². The average molecular weight is 467 g/mol. The third-order valence-electron chi connectivity index (χ3n) is 6.59. The molecule has 5 rings (SSSR count). The van der Waals surface area contributed by atoms with Gasteiger partial charge in [0.15, 0.2) is 5.82 Å². The number of anilines is 2. The van der Waals surface area contributed by atoms with E-state index in [9.17, 15) is 9.59 Å². The molecule has 0 aliphatic carbocycles. The topological polar surface area (TPSA) is 99.2 Å². The number of fused-ring (bicyclic) bond motifs is 3. The first-order valence-corrected chi connectivity index (χ1v) is 11.5. The van der Waals surface area contributed by atoms with Crippen LogP contribution < -0.4 is 20.3 Å². The minimum Gasteiger partial charge on any atom is -0.493 e. The van der Waals surface area contributed by atoms with Gasteiger partial charge in [-0.1, -0.05) is 6.92 Å². The van der Waals surface area contributed by atoms with E-state index in [-0.39, 0.29) is 30.9 Å². The summed E-state index contributed by atoms with van der Waals surface area (Å²) in [5.74, 6) is -0.312. The van der Waals surface area contributed by atoms with Crippen LogP contribution in [0, 0.1) is 5.82 Å². The van der Waals surface area contributed by atoms with E-state index in [4.69, 9.17) is 4.74 Å². The highest BCUT2D eigenvalue weighted by Gasteiger charge is 2.36. The van der Waals surface area contributed by atoms with Gasteiger partial charge in [0.25, 0.3) is 5.91 Å². The molecule has 0 spiro atoms. The minimum atomic E-state index is -0.406. The molecule has 3 aliphatic rings. The molecule has 9 nitrogen and oxygen atoms in total. The van der Waals surface area contributed by atoms with Crippen molar-refractivity contribution < 1.29 is 18.7 Å². The number of hydrogen-bond acceptors (Lipinski definition) is 7. The van der Waals surface area contributed by atoms with Crippen LogP contribution in [0.25, 0.3) is 0 Å². The average Bonchev–Trinajstić information content (AvgIpc) is 2.85. The second-order valence-electron chi connectivity index (χ2n) is 8.62. The van der Waals surface area contributed by atoms with Gasteiger partial charge in [0.2, 0.25) is 5.91 Å². The molecule has 1 aromatic carbocycles. The standard InChI is InChI=1S/C24H27FN6O3/c1-3-14-9-28-23-19(29-14)8-20-17(22(23)25)12-31-16(6-7-34-20)11-30(13-21(31)32)15-4-5-18(27-10-15)24(33)26-2/h4-5,8,10,16,28H,3,6-7,9,11-13H2,1-2H3,(H,26,33)/t16-/m0/s1. The number of piperazine rings is 1. The Bertz CT molecular complexity index is 1170. The first kappa shape index (κ1) is 22.1. The van der Waals surface area contributed by atoms with E-state index in [0.717, 1.165) is 17.8 Å². The monoisotopic (exact) mass is 466 g/mol. The Hall–Kier alpha value is -3.69. The van der Waals surface area contributed by atoms with Crippen molar-refractivity contribution in [2.75, 3.05) is 43.5 Å².